The van der Waals surface area contributed by atoms with E-state index in [-0.39, 0.29) is 5.92 Å². The molecule has 0 bridgehead atoms. The second-order valence-electron chi connectivity index (χ2n) is 4.80. The van der Waals surface area contributed by atoms with Gasteiger partial charge in [0.25, 0.3) is 0 Å². The van der Waals surface area contributed by atoms with Crippen LogP contribution in [0, 0.1) is 12.8 Å². The highest BCUT2D eigenvalue weighted by Crippen LogP contribution is 2.14. The molecule has 0 aliphatic carbocycles. The van der Waals surface area contributed by atoms with Crippen LogP contribution in [0.1, 0.15) is 25.8 Å². The first-order valence-corrected chi connectivity index (χ1v) is 6.70. The summed E-state index contributed by atoms with van der Waals surface area (Å²) in [4.78, 5) is 23.7. The van der Waals surface area contributed by atoms with Gasteiger partial charge in [0.15, 0.2) is 0 Å². The van der Waals surface area contributed by atoms with Gasteiger partial charge in [-0.3, -0.25) is 0 Å². The van der Waals surface area contributed by atoms with Crippen LogP contribution >= 0.6 is 0 Å². The van der Waals surface area contributed by atoms with Crippen LogP contribution in [0.4, 0.5) is 10.5 Å². The first-order chi connectivity index (χ1) is 9.49. The lowest BCUT2D eigenvalue weighted by Crippen LogP contribution is -2.47. The average Bonchev–Trinajstić information content (AvgIpc) is 2.45. The molecular formula is C15H22N2O3. The summed E-state index contributed by atoms with van der Waals surface area (Å²) in [7, 11) is 1.32. The zero-order chi connectivity index (χ0) is 15.1. The Labute approximate surface area is 119 Å². The van der Waals surface area contributed by atoms with Crippen molar-refractivity contribution in [3.8, 4) is 0 Å². The predicted molar refractivity (Wildman–Crippen MR) is 78.6 cm³/mol. The molecule has 0 fully saturated rings. The third kappa shape index (κ3) is 4.26. The average molecular weight is 278 g/mol. The molecule has 5 nitrogen and oxygen atoms in total. The molecule has 0 aromatic heterocycles. The Hall–Kier alpha value is -2.04. The van der Waals surface area contributed by atoms with Gasteiger partial charge in [0.1, 0.15) is 6.04 Å². The van der Waals surface area contributed by atoms with Gasteiger partial charge in [0.05, 0.1) is 7.11 Å². The minimum Gasteiger partial charge on any atom is -0.467 e. The predicted octanol–water partition coefficient (Wildman–Crippen LogP) is 2.70. The number of carbonyl (C=O) groups excluding carboxylic acids is 2. The van der Waals surface area contributed by atoms with E-state index in [1.165, 1.54) is 7.11 Å². The topological polar surface area (TPSA) is 67.4 Å². The summed E-state index contributed by atoms with van der Waals surface area (Å²) in [5.41, 5.74) is 1.68. The Morgan fingerprint density at radius 2 is 1.95 bits per heavy atom. The van der Waals surface area contributed by atoms with E-state index < -0.39 is 18.0 Å². The number of rotatable bonds is 5. The number of hydrogen-bond donors (Lipinski definition) is 2. The highest BCUT2D eigenvalue weighted by Gasteiger charge is 2.26. The monoisotopic (exact) mass is 278 g/mol. The molecule has 0 saturated heterocycles. The van der Waals surface area contributed by atoms with E-state index in [1.54, 1.807) is 0 Å². The number of amides is 2. The second kappa shape index (κ2) is 7.53. The molecule has 1 aromatic carbocycles. The minimum absolute atomic E-state index is 0.00469. The van der Waals surface area contributed by atoms with E-state index in [9.17, 15) is 9.59 Å². The van der Waals surface area contributed by atoms with E-state index in [2.05, 4.69) is 10.6 Å². The highest BCUT2D eigenvalue weighted by molar-refractivity contribution is 5.93. The summed E-state index contributed by atoms with van der Waals surface area (Å²) in [5.74, 6) is -0.427. The van der Waals surface area contributed by atoms with Gasteiger partial charge < -0.3 is 15.4 Å². The van der Waals surface area contributed by atoms with Crippen molar-refractivity contribution in [2.75, 3.05) is 12.4 Å². The van der Waals surface area contributed by atoms with Crippen LogP contribution < -0.4 is 10.6 Å². The second-order valence-corrected chi connectivity index (χ2v) is 4.80. The number of methoxy groups -OCH3 is 1. The number of benzene rings is 1. The number of carbonyl (C=O) groups is 2. The van der Waals surface area contributed by atoms with Crippen LogP contribution in [0.25, 0.3) is 0 Å². The Morgan fingerprint density at radius 1 is 1.30 bits per heavy atom. The smallest absolute Gasteiger partial charge is 0.328 e. The molecule has 2 N–H and O–H groups in total. The number of anilines is 1. The lowest BCUT2D eigenvalue weighted by molar-refractivity contribution is -0.144. The zero-order valence-electron chi connectivity index (χ0n) is 12.4. The van der Waals surface area contributed by atoms with Gasteiger partial charge in [-0.1, -0.05) is 38.5 Å². The molecule has 20 heavy (non-hydrogen) atoms. The fourth-order valence-electron chi connectivity index (χ4n) is 1.81. The lowest BCUT2D eigenvalue weighted by Gasteiger charge is -2.22. The summed E-state index contributed by atoms with van der Waals surface area (Å²) in [6.07, 6.45) is 0.768. The van der Waals surface area contributed by atoms with E-state index in [0.717, 1.165) is 17.7 Å². The van der Waals surface area contributed by atoms with Crippen molar-refractivity contribution >= 4 is 17.7 Å². The quantitative estimate of drug-likeness (QED) is 0.814. The van der Waals surface area contributed by atoms with Crippen molar-refractivity contribution in [3.05, 3.63) is 29.8 Å². The van der Waals surface area contributed by atoms with Crippen LogP contribution in [0.3, 0.4) is 0 Å². The van der Waals surface area contributed by atoms with Crippen molar-refractivity contribution in [1.82, 2.24) is 5.32 Å². The summed E-state index contributed by atoms with van der Waals surface area (Å²) < 4.78 is 4.73. The molecule has 1 rings (SSSR count). The van der Waals surface area contributed by atoms with Crippen LogP contribution in [-0.2, 0) is 9.53 Å². The van der Waals surface area contributed by atoms with Crippen molar-refractivity contribution < 1.29 is 14.3 Å². The summed E-state index contributed by atoms with van der Waals surface area (Å²) in [6, 6.07) is 6.40. The Morgan fingerprint density at radius 3 is 2.50 bits per heavy atom. The number of nitrogens with one attached hydrogen (secondary N) is 2. The maximum absolute atomic E-state index is 12.0. The van der Waals surface area contributed by atoms with E-state index >= 15 is 0 Å². The maximum atomic E-state index is 12.0. The fraction of sp³-hybridized carbons (Fsp3) is 0.467. The molecule has 0 saturated carbocycles. The van der Waals surface area contributed by atoms with Crippen molar-refractivity contribution in [3.63, 3.8) is 0 Å². The lowest BCUT2D eigenvalue weighted by atomic mass is 9.99. The van der Waals surface area contributed by atoms with Crippen molar-refractivity contribution in [2.24, 2.45) is 5.92 Å². The van der Waals surface area contributed by atoms with E-state index in [0.29, 0.717) is 0 Å². The Kier molecular flexibility index (Phi) is 6.03. The normalized spacial score (nSPS) is 13.2. The number of esters is 1. The van der Waals surface area contributed by atoms with Crippen LogP contribution in [0.15, 0.2) is 24.3 Å². The molecule has 0 aliphatic rings. The number of urea groups is 1. The third-order valence-electron chi connectivity index (χ3n) is 3.35. The Balaban J connectivity index is 2.72. The number of ether oxygens (including phenoxy) is 1. The minimum atomic E-state index is -0.644. The van der Waals surface area contributed by atoms with Crippen molar-refractivity contribution in [2.45, 2.75) is 33.2 Å². The number of aryl methyl sites for hydroxylation is 1. The highest BCUT2D eigenvalue weighted by atomic mass is 16.5. The molecule has 0 aliphatic heterocycles. The molecule has 1 aromatic rings. The van der Waals surface area contributed by atoms with Gasteiger partial charge in [-0.15, -0.1) is 0 Å². The molecule has 2 unspecified atom stereocenters. The molecule has 2 atom stereocenters. The molecule has 0 heterocycles. The summed E-state index contributed by atoms with van der Waals surface area (Å²) in [6.45, 7) is 5.76. The molecule has 110 valence electrons. The summed E-state index contributed by atoms with van der Waals surface area (Å²) in [5, 5.41) is 5.41. The van der Waals surface area contributed by atoms with Gasteiger partial charge >= 0.3 is 12.0 Å². The molecule has 5 heteroatoms. The first-order valence-electron chi connectivity index (χ1n) is 6.70. The van der Waals surface area contributed by atoms with E-state index in [4.69, 9.17) is 4.74 Å². The van der Waals surface area contributed by atoms with Crippen LogP contribution in [0.5, 0.6) is 0 Å². The zero-order valence-corrected chi connectivity index (χ0v) is 12.4. The SMILES string of the molecule is CCC(C)C(NC(=O)Nc1ccccc1C)C(=O)OC. The first kappa shape index (κ1) is 16.0. The molecule has 0 spiro atoms. The number of hydrogen-bond acceptors (Lipinski definition) is 3. The third-order valence-corrected chi connectivity index (χ3v) is 3.35. The van der Waals surface area contributed by atoms with Gasteiger partial charge in [-0.25, -0.2) is 9.59 Å². The molecular weight excluding hydrogens is 256 g/mol. The van der Waals surface area contributed by atoms with Crippen molar-refractivity contribution in [1.29, 1.82) is 0 Å². The molecule has 0 radical (unpaired) electrons. The van der Waals surface area contributed by atoms with Crippen LogP contribution in [-0.4, -0.2) is 25.2 Å². The Bertz CT molecular complexity index is 474. The maximum Gasteiger partial charge on any atom is 0.328 e. The van der Waals surface area contributed by atoms with Gasteiger partial charge in [-0.2, -0.15) is 0 Å². The van der Waals surface area contributed by atoms with E-state index in [1.807, 2.05) is 45.0 Å². The van der Waals surface area contributed by atoms with Gasteiger partial charge in [0, 0.05) is 5.69 Å². The number of para-hydroxylation sites is 1. The summed E-state index contributed by atoms with van der Waals surface area (Å²) >= 11 is 0. The molecule has 2 amide bonds. The standard InChI is InChI=1S/C15H22N2O3/c1-5-10(2)13(14(18)20-4)17-15(19)16-12-9-7-6-8-11(12)3/h6-10,13H,5H2,1-4H3,(H2,16,17,19). The van der Waals surface area contributed by atoms with Gasteiger partial charge in [0.2, 0.25) is 0 Å². The van der Waals surface area contributed by atoms with Gasteiger partial charge in [-0.05, 0) is 24.5 Å². The largest absolute Gasteiger partial charge is 0.467 e. The van der Waals surface area contributed by atoms with Crippen LogP contribution in [0.2, 0.25) is 0 Å². The fourth-order valence-corrected chi connectivity index (χ4v) is 1.81.